The van der Waals surface area contributed by atoms with Crippen molar-refractivity contribution >= 4 is 52.5 Å². The normalized spacial score (nSPS) is 16.9. The van der Waals surface area contributed by atoms with E-state index in [0.29, 0.717) is 30.0 Å². The number of carbonyl (C=O) groups is 4. The van der Waals surface area contributed by atoms with E-state index in [-0.39, 0.29) is 40.3 Å². The van der Waals surface area contributed by atoms with E-state index in [0.717, 1.165) is 35.9 Å². The number of ether oxygens (including phenoxy) is 2. The number of hydrogen-bond acceptors (Lipinski definition) is 7. The van der Waals surface area contributed by atoms with Crippen molar-refractivity contribution in [2.45, 2.75) is 25.9 Å². The van der Waals surface area contributed by atoms with E-state index in [9.17, 15) is 19.2 Å². The lowest BCUT2D eigenvalue weighted by Gasteiger charge is -2.27. The van der Waals surface area contributed by atoms with Crippen LogP contribution >= 0.6 is 23.4 Å². The van der Waals surface area contributed by atoms with Gasteiger partial charge in [0.15, 0.2) is 11.5 Å². The van der Waals surface area contributed by atoms with Gasteiger partial charge in [-0.15, -0.1) is 0 Å². The fraction of sp³-hybridized carbons (Fsp3) is 0.308. The Labute approximate surface area is 223 Å². The molecule has 2 aromatic carbocycles. The molecule has 194 valence electrons. The molecule has 0 saturated carbocycles. The van der Waals surface area contributed by atoms with Crippen LogP contribution in [-0.4, -0.2) is 64.7 Å². The van der Waals surface area contributed by atoms with Crippen molar-refractivity contribution < 1.29 is 33.8 Å². The van der Waals surface area contributed by atoms with Crippen LogP contribution in [0.2, 0.25) is 5.02 Å². The van der Waals surface area contributed by atoms with Crippen LogP contribution < -0.4 is 9.47 Å². The number of carboxylic acids is 1. The van der Waals surface area contributed by atoms with E-state index in [1.807, 2.05) is 0 Å². The van der Waals surface area contributed by atoms with Gasteiger partial charge >= 0.3 is 5.97 Å². The fourth-order valence-corrected chi connectivity index (χ4v) is 5.19. The van der Waals surface area contributed by atoms with Gasteiger partial charge in [-0.05, 0) is 72.5 Å². The summed E-state index contributed by atoms with van der Waals surface area (Å²) in [5.74, 6) is -1.26. The van der Waals surface area contributed by atoms with Gasteiger partial charge in [0.2, 0.25) is 5.91 Å². The van der Waals surface area contributed by atoms with E-state index in [1.165, 1.54) is 25.3 Å². The van der Waals surface area contributed by atoms with Crippen molar-refractivity contribution in [1.82, 2.24) is 9.80 Å². The third kappa shape index (κ3) is 6.26. The number of hydrogen-bond donors (Lipinski definition) is 1. The minimum Gasteiger partial charge on any atom is -0.493 e. The predicted octanol–water partition coefficient (Wildman–Crippen LogP) is 4.67. The Kier molecular flexibility index (Phi) is 8.40. The number of aromatic carboxylic acids is 1. The molecule has 2 aliphatic heterocycles. The van der Waals surface area contributed by atoms with E-state index in [2.05, 4.69) is 0 Å². The first-order valence-electron chi connectivity index (χ1n) is 11.6. The van der Waals surface area contributed by atoms with Crippen molar-refractivity contribution in [1.29, 1.82) is 0 Å². The van der Waals surface area contributed by atoms with E-state index >= 15 is 0 Å². The Balaban J connectivity index is 1.48. The first-order valence-corrected chi connectivity index (χ1v) is 12.8. The average molecular weight is 545 g/mol. The minimum absolute atomic E-state index is 0.0560. The Hall–Kier alpha value is -3.50. The number of likely N-dealkylation sites (tertiary alicyclic amines) is 1. The quantitative estimate of drug-likeness (QED) is 0.477. The molecular weight excluding hydrogens is 520 g/mol. The van der Waals surface area contributed by atoms with Crippen LogP contribution in [0.25, 0.3) is 6.08 Å². The third-order valence-corrected chi connectivity index (χ3v) is 7.17. The number of benzene rings is 2. The van der Waals surface area contributed by atoms with Crippen molar-refractivity contribution in [3.63, 3.8) is 0 Å². The van der Waals surface area contributed by atoms with Crippen LogP contribution in [0.5, 0.6) is 11.5 Å². The monoisotopic (exact) mass is 544 g/mol. The molecule has 0 aliphatic carbocycles. The lowest BCUT2D eigenvalue weighted by molar-refractivity contribution is -0.136. The minimum atomic E-state index is -1.04. The largest absolute Gasteiger partial charge is 0.493 e. The van der Waals surface area contributed by atoms with Crippen LogP contribution in [0.15, 0.2) is 41.3 Å². The van der Waals surface area contributed by atoms with Crippen molar-refractivity contribution in [2.75, 3.05) is 26.7 Å². The van der Waals surface area contributed by atoms with Gasteiger partial charge in [-0.3, -0.25) is 19.3 Å². The zero-order valence-corrected chi connectivity index (χ0v) is 21.6. The molecule has 3 amide bonds. The summed E-state index contributed by atoms with van der Waals surface area (Å²) in [4.78, 5) is 52.0. The smallest absolute Gasteiger partial charge is 0.335 e. The summed E-state index contributed by atoms with van der Waals surface area (Å²) in [6.07, 6.45) is 4.43. The summed E-state index contributed by atoms with van der Waals surface area (Å²) >= 11 is 7.21. The first kappa shape index (κ1) is 26.6. The van der Waals surface area contributed by atoms with E-state index < -0.39 is 17.1 Å². The average Bonchev–Trinajstić information content (AvgIpc) is 3.15. The highest BCUT2D eigenvalue weighted by Gasteiger charge is 2.37. The number of halogens is 1. The molecule has 0 unspecified atom stereocenters. The van der Waals surface area contributed by atoms with E-state index in [1.54, 1.807) is 29.2 Å². The molecule has 0 atom stereocenters. The Morgan fingerprint density at radius 3 is 2.59 bits per heavy atom. The third-order valence-electron chi connectivity index (χ3n) is 5.98. The molecule has 0 bridgehead atoms. The van der Waals surface area contributed by atoms with Crippen LogP contribution in [0, 0.1) is 0 Å². The maximum Gasteiger partial charge on any atom is 0.335 e. The van der Waals surface area contributed by atoms with Gasteiger partial charge in [-0.2, -0.15) is 0 Å². The van der Waals surface area contributed by atoms with Crippen LogP contribution in [0.1, 0.15) is 40.7 Å². The SMILES string of the molecule is COc1cc(/C=C2\SC(=O)N(CC(=O)N3CCCCC3)C2=O)cc(Cl)c1OCc1cccc(C(=O)O)c1. The summed E-state index contributed by atoms with van der Waals surface area (Å²) in [6, 6.07) is 9.52. The van der Waals surface area contributed by atoms with Gasteiger partial charge in [0.1, 0.15) is 13.2 Å². The summed E-state index contributed by atoms with van der Waals surface area (Å²) in [5.41, 5.74) is 1.28. The van der Waals surface area contributed by atoms with Crippen LogP contribution in [0.4, 0.5) is 4.79 Å². The second-order valence-electron chi connectivity index (χ2n) is 8.54. The Morgan fingerprint density at radius 1 is 1.14 bits per heavy atom. The summed E-state index contributed by atoms with van der Waals surface area (Å²) in [6.45, 7) is 1.06. The van der Waals surface area contributed by atoms with Crippen molar-refractivity contribution in [3.05, 3.63) is 63.0 Å². The number of thioether (sulfide) groups is 1. The standard InChI is InChI=1S/C26H25ClN2O7S/c1-35-20-12-17(11-19(27)23(20)36-15-16-6-5-7-18(10-16)25(32)33)13-21-24(31)29(26(34)37-21)14-22(30)28-8-3-2-4-9-28/h5-7,10-13H,2-4,8-9,14-15H2,1H3,(H,32,33)/b21-13-. The molecule has 2 fully saturated rings. The number of rotatable bonds is 8. The first-order chi connectivity index (χ1) is 17.8. The van der Waals surface area contributed by atoms with Gasteiger partial charge in [-0.1, -0.05) is 23.7 Å². The maximum absolute atomic E-state index is 12.9. The number of piperidine rings is 1. The molecule has 1 N–H and O–H groups in total. The van der Waals surface area contributed by atoms with Gasteiger partial charge in [0, 0.05) is 13.1 Å². The zero-order chi connectivity index (χ0) is 26.5. The Morgan fingerprint density at radius 2 is 1.89 bits per heavy atom. The molecule has 37 heavy (non-hydrogen) atoms. The lowest BCUT2D eigenvalue weighted by Crippen LogP contribution is -2.44. The van der Waals surface area contributed by atoms with Crippen LogP contribution in [0.3, 0.4) is 0 Å². The fourth-order valence-electron chi connectivity index (χ4n) is 4.08. The summed E-state index contributed by atoms with van der Waals surface area (Å²) in [5, 5.41) is 8.88. The number of amides is 3. The number of nitrogens with zero attached hydrogens (tertiary/aromatic N) is 2. The highest BCUT2D eigenvalue weighted by Crippen LogP contribution is 2.39. The molecule has 2 heterocycles. The molecule has 2 aliphatic rings. The molecule has 9 nitrogen and oxygen atoms in total. The topological polar surface area (TPSA) is 113 Å². The van der Waals surface area contributed by atoms with Gasteiger partial charge in [0.25, 0.3) is 11.1 Å². The second kappa shape index (κ2) is 11.7. The molecular formula is C26H25ClN2O7S. The molecule has 0 spiro atoms. The lowest BCUT2D eigenvalue weighted by atomic mass is 10.1. The van der Waals surface area contributed by atoms with E-state index in [4.69, 9.17) is 26.2 Å². The molecule has 2 saturated heterocycles. The van der Waals surface area contributed by atoms with Crippen molar-refractivity contribution in [2.24, 2.45) is 0 Å². The van der Waals surface area contributed by atoms with Gasteiger partial charge < -0.3 is 19.5 Å². The summed E-state index contributed by atoms with van der Waals surface area (Å²) in [7, 11) is 1.44. The van der Waals surface area contributed by atoms with Crippen LogP contribution in [-0.2, 0) is 16.2 Å². The molecule has 4 rings (SSSR count). The number of carboxylic acid groups (broad SMARTS) is 1. The molecule has 0 radical (unpaired) electrons. The summed E-state index contributed by atoms with van der Waals surface area (Å²) < 4.78 is 11.2. The number of methoxy groups -OCH3 is 1. The predicted molar refractivity (Wildman–Crippen MR) is 139 cm³/mol. The highest BCUT2D eigenvalue weighted by molar-refractivity contribution is 8.18. The zero-order valence-electron chi connectivity index (χ0n) is 20.1. The Bertz CT molecular complexity index is 1270. The number of imide groups is 1. The van der Waals surface area contributed by atoms with Gasteiger partial charge in [0.05, 0.1) is 22.6 Å². The van der Waals surface area contributed by atoms with Crippen molar-refractivity contribution in [3.8, 4) is 11.5 Å². The van der Waals surface area contributed by atoms with Gasteiger partial charge in [-0.25, -0.2) is 4.79 Å². The molecule has 2 aromatic rings. The second-order valence-corrected chi connectivity index (χ2v) is 9.94. The number of carbonyl (C=O) groups excluding carboxylic acids is 3. The highest BCUT2D eigenvalue weighted by atomic mass is 35.5. The molecule has 0 aromatic heterocycles. The molecule has 11 heteroatoms. The maximum atomic E-state index is 12.9.